The molecule has 1 heterocycles. The lowest BCUT2D eigenvalue weighted by Gasteiger charge is -2.32. The Balaban J connectivity index is 2.74. The SMILES string of the molecule is COC(=O)C1=C(C(F)(F)F)N=C(C)C(C(=O)OCCCBr)C1c1cccc([N+](=O)[O-])c1. The van der Waals surface area contributed by atoms with Gasteiger partial charge in [0.15, 0.2) is 5.70 Å². The molecule has 12 heteroatoms. The van der Waals surface area contributed by atoms with Gasteiger partial charge in [0, 0.05) is 29.1 Å². The number of hydrogen-bond donors (Lipinski definition) is 0. The number of aliphatic imine (C=N–C) groups is 1. The smallest absolute Gasteiger partial charge is 0.433 e. The van der Waals surface area contributed by atoms with Gasteiger partial charge in [-0.05, 0) is 18.9 Å². The molecule has 0 aliphatic carbocycles. The molecule has 0 saturated carbocycles. The summed E-state index contributed by atoms with van der Waals surface area (Å²) in [4.78, 5) is 39.2. The van der Waals surface area contributed by atoms with Crippen molar-refractivity contribution in [2.75, 3.05) is 19.0 Å². The maximum Gasteiger partial charge on any atom is 0.433 e. The van der Waals surface area contributed by atoms with Crippen LogP contribution in [-0.4, -0.2) is 47.8 Å². The molecule has 1 aromatic carbocycles. The van der Waals surface area contributed by atoms with Gasteiger partial charge in [-0.15, -0.1) is 0 Å². The Morgan fingerprint density at radius 3 is 2.55 bits per heavy atom. The van der Waals surface area contributed by atoms with Crippen LogP contribution in [0.2, 0.25) is 0 Å². The fourth-order valence-corrected chi connectivity index (χ4v) is 3.45. The van der Waals surface area contributed by atoms with Gasteiger partial charge >= 0.3 is 18.1 Å². The molecule has 0 saturated heterocycles. The summed E-state index contributed by atoms with van der Waals surface area (Å²) in [6.45, 7) is 1.19. The number of non-ortho nitro benzene ring substituents is 1. The van der Waals surface area contributed by atoms with Crippen molar-refractivity contribution in [1.82, 2.24) is 0 Å². The van der Waals surface area contributed by atoms with E-state index in [9.17, 15) is 32.9 Å². The first kappa shape index (κ1) is 24.5. The van der Waals surface area contributed by atoms with E-state index in [0.29, 0.717) is 11.8 Å². The van der Waals surface area contributed by atoms with Gasteiger partial charge in [0.05, 0.1) is 24.2 Å². The molecular formula is C19H18BrF3N2O6. The van der Waals surface area contributed by atoms with Crippen LogP contribution in [0.25, 0.3) is 0 Å². The highest BCUT2D eigenvalue weighted by Gasteiger charge is 2.49. The van der Waals surface area contributed by atoms with Crippen molar-refractivity contribution in [2.24, 2.45) is 10.9 Å². The Labute approximate surface area is 183 Å². The molecule has 8 nitrogen and oxygen atoms in total. The molecule has 0 spiro atoms. The number of rotatable bonds is 7. The van der Waals surface area contributed by atoms with Crippen molar-refractivity contribution in [2.45, 2.75) is 25.4 Å². The first-order valence-electron chi connectivity index (χ1n) is 8.94. The average Bonchev–Trinajstić information content (AvgIpc) is 2.71. The van der Waals surface area contributed by atoms with Crippen LogP contribution in [0.3, 0.4) is 0 Å². The summed E-state index contributed by atoms with van der Waals surface area (Å²) < 4.78 is 50.9. The minimum absolute atomic E-state index is 0.0150. The van der Waals surface area contributed by atoms with Crippen LogP contribution >= 0.6 is 15.9 Å². The molecule has 2 unspecified atom stereocenters. The van der Waals surface area contributed by atoms with Crippen LogP contribution in [0.1, 0.15) is 24.8 Å². The summed E-state index contributed by atoms with van der Waals surface area (Å²) in [5.74, 6) is -5.20. The fourth-order valence-electron chi connectivity index (χ4n) is 3.23. The van der Waals surface area contributed by atoms with Gasteiger partial charge in [-0.3, -0.25) is 19.9 Å². The van der Waals surface area contributed by atoms with Gasteiger partial charge in [0.25, 0.3) is 5.69 Å². The highest BCUT2D eigenvalue weighted by molar-refractivity contribution is 9.09. The molecule has 168 valence electrons. The number of carbonyl (C=O) groups is 2. The topological polar surface area (TPSA) is 108 Å². The van der Waals surface area contributed by atoms with Gasteiger partial charge in [0.2, 0.25) is 0 Å². The minimum atomic E-state index is -5.03. The third-order valence-electron chi connectivity index (χ3n) is 4.53. The Bertz CT molecular complexity index is 945. The lowest BCUT2D eigenvalue weighted by molar-refractivity contribution is -0.384. The predicted octanol–water partition coefficient (Wildman–Crippen LogP) is 4.09. The van der Waals surface area contributed by atoms with E-state index in [0.717, 1.165) is 19.2 Å². The minimum Gasteiger partial charge on any atom is -0.466 e. The number of halogens is 4. The van der Waals surface area contributed by atoms with Crippen LogP contribution in [0.4, 0.5) is 18.9 Å². The molecule has 0 bridgehead atoms. The Morgan fingerprint density at radius 2 is 2.00 bits per heavy atom. The number of nitro groups is 1. The van der Waals surface area contributed by atoms with Crippen molar-refractivity contribution in [3.05, 3.63) is 51.2 Å². The summed E-state index contributed by atoms with van der Waals surface area (Å²) in [6.07, 6.45) is -4.59. The lowest BCUT2D eigenvalue weighted by Crippen LogP contribution is -2.38. The van der Waals surface area contributed by atoms with Crippen LogP contribution in [0, 0.1) is 16.0 Å². The zero-order valence-corrected chi connectivity index (χ0v) is 18.0. The third kappa shape index (κ3) is 5.49. The number of ether oxygens (including phenoxy) is 2. The molecule has 0 amide bonds. The van der Waals surface area contributed by atoms with Gasteiger partial charge in [-0.25, -0.2) is 4.79 Å². The van der Waals surface area contributed by atoms with Crippen molar-refractivity contribution in [3.63, 3.8) is 0 Å². The van der Waals surface area contributed by atoms with Gasteiger partial charge < -0.3 is 9.47 Å². The van der Waals surface area contributed by atoms with E-state index in [1.54, 1.807) is 0 Å². The van der Waals surface area contributed by atoms with Crippen LogP contribution in [-0.2, 0) is 19.1 Å². The zero-order valence-electron chi connectivity index (χ0n) is 16.4. The fraction of sp³-hybridized carbons (Fsp3) is 0.421. The number of methoxy groups -OCH3 is 1. The summed E-state index contributed by atoms with van der Waals surface area (Å²) in [6, 6.07) is 4.71. The molecule has 2 atom stereocenters. The first-order valence-corrected chi connectivity index (χ1v) is 10.1. The molecule has 31 heavy (non-hydrogen) atoms. The average molecular weight is 507 g/mol. The van der Waals surface area contributed by atoms with E-state index in [4.69, 9.17) is 4.74 Å². The predicted molar refractivity (Wildman–Crippen MR) is 107 cm³/mol. The van der Waals surface area contributed by atoms with E-state index in [1.165, 1.54) is 19.1 Å². The molecule has 1 aliphatic heterocycles. The number of alkyl halides is 4. The third-order valence-corrected chi connectivity index (χ3v) is 5.09. The Kier molecular flexibility index (Phi) is 7.93. The highest BCUT2D eigenvalue weighted by Crippen LogP contribution is 2.45. The second-order valence-corrected chi connectivity index (χ2v) is 7.32. The second kappa shape index (κ2) is 10.0. The van der Waals surface area contributed by atoms with E-state index < -0.39 is 51.8 Å². The molecule has 0 fully saturated rings. The van der Waals surface area contributed by atoms with Crippen LogP contribution in [0.15, 0.2) is 40.5 Å². The number of hydrogen-bond acceptors (Lipinski definition) is 7. The van der Waals surface area contributed by atoms with Crippen molar-refractivity contribution < 1.29 is 37.2 Å². The van der Waals surface area contributed by atoms with Crippen LogP contribution in [0.5, 0.6) is 0 Å². The number of benzene rings is 1. The van der Waals surface area contributed by atoms with Crippen LogP contribution < -0.4 is 0 Å². The molecule has 1 aromatic rings. The zero-order chi connectivity index (χ0) is 23.3. The summed E-state index contributed by atoms with van der Waals surface area (Å²) >= 11 is 3.17. The van der Waals surface area contributed by atoms with Gasteiger partial charge in [0.1, 0.15) is 5.92 Å². The maximum absolute atomic E-state index is 13.7. The number of allylic oxidation sites excluding steroid dienone is 1. The Morgan fingerprint density at radius 1 is 1.32 bits per heavy atom. The Hall–Kier alpha value is -2.76. The lowest BCUT2D eigenvalue weighted by atomic mass is 9.75. The monoisotopic (exact) mass is 506 g/mol. The molecule has 0 radical (unpaired) electrons. The van der Waals surface area contributed by atoms with Gasteiger partial charge in [-0.1, -0.05) is 28.1 Å². The largest absolute Gasteiger partial charge is 0.466 e. The second-order valence-electron chi connectivity index (χ2n) is 6.52. The maximum atomic E-state index is 13.7. The molecule has 0 aromatic heterocycles. The van der Waals surface area contributed by atoms with Crippen molar-refractivity contribution >= 4 is 39.3 Å². The summed E-state index contributed by atoms with van der Waals surface area (Å²) in [7, 11) is 0.891. The van der Waals surface area contributed by atoms with Gasteiger partial charge in [-0.2, -0.15) is 13.2 Å². The molecular weight excluding hydrogens is 489 g/mol. The molecule has 0 N–H and O–H groups in total. The summed E-state index contributed by atoms with van der Waals surface area (Å²) in [5, 5.41) is 11.7. The highest BCUT2D eigenvalue weighted by atomic mass is 79.9. The molecule has 2 rings (SSSR count). The molecule has 1 aliphatic rings. The first-order chi connectivity index (χ1) is 14.5. The van der Waals surface area contributed by atoms with Crippen molar-refractivity contribution in [1.29, 1.82) is 0 Å². The van der Waals surface area contributed by atoms with E-state index in [1.807, 2.05) is 0 Å². The standard InChI is InChI=1S/C19H18BrF3N2O6/c1-10-13(18(27)31-8-4-7-20)14(11-5-3-6-12(9-11)25(28)29)15(17(26)30-2)16(24-10)19(21,22)23/h3,5-6,9,13-14H,4,7-8H2,1-2H3. The summed E-state index contributed by atoms with van der Waals surface area (Å²) in [5.41, 5.74) is -3.13. The number of carbonyl (C=O) groups excluding carboxylic acids is 2. The number of nitro benzene ring substituents is 1. The van der Waals surface area contributed by atoms with E-state index in [-0.39, 0.29) is 17.9 Å². The normalized spacial score (nSPS) is 19.0. The quantitative estimate of drug-likeness (QED) is 0.181. The number of nitrogens with zero attached hydrogens (tertiary/aromatic N) is 2. The van der Waals surface area contributed by atoms with Crippen molar-refractivity contribution in [3.8, 4) is 0 Å². The number of esters is 2. The van der Waals surface area contributed by atoms with E-state index >= 15 is 0 Å². The van der Waals surface area contributed by atoms with E-state index in [2.05, 4.69) is 25.7 Å².